The predicted molar refractivity (Wildman–Crippen MR) is 105 cm³/mol. The summed E-state index contributed by atoms with van der Waals surface area (Å²) in [4.78, 5) is 6.98. The fourth-order valence-corrected chi connectivity index (χ4v) is 4.18. The maximum Gasteiger partial charge on any atom is 0.128 e. The molecular formula is C22H29N3O. The van der Waals surface area contributed by atoms with Crippen LogP contribution >= 0.6 is 0 Å². The molecule has 2 aliphatic rings. The number of aromatic nitrogens is 1. The van der Waals surface area contributed by atoms with Gasteiger partial charge in [0, 0.05) is 31.9 Å². The van der Waals surface area contributed by atoms with Crippen molar-refractivity contribution in [2.75, 3.05) is 24.6 Å². The number of pyridine rings is 1. The highest BCUT2D eigenvalue weighted by atomic mass is 16.5. The lowest BCUT2D eigenvalue weighted by Crippen LogP contribution is -2.47. The summed E-state index contributed by atoms with van der Waals surface area (Å²) >= 11 is 0. The Labute approximate surface area is 156 Å². The van der Waals surface area contributed by atoms with Gasteiger partial charge in [-0.15, -0.1) is 0 Å². The van der Waals surface area contributed by atoms with Crippen LogP contribution in [0.4, 0.5) is 5.82 Å². The molecule has 0 bridgehead atoms. The number of nitrogens with zero attached hydrogens (tertiary/aromatic N) is 2. The maximum absolute atomic E-state index is 5.61. The molecule has 0 radical (unpaired) electrons. The van der Waals surface area contributed by atoms with Crippen molar-refractivity contribution in [1.29, 1.82) is 0 Å². The molecule has 2 heterocycles. The van der Waals surface area contributed by atoms with Gasteiger partial charge in [0.15, 0.2) is 0 Å². The molecule has 4 nitrogen and oxygen atoms in total. The molecule has 2 fully saturated rings. The lowest BCUT2D eigenvalue weighted by molar-refractivity contribution is 0.0529. The lowest BCUT2D eigenvalue weighted by Gasteiger charge is -2.44. The molecule has 1 saturated carbocycles. The van der Waals surface area contributed by atoms with E-state index < -0.39 is 0 Å². The Morgan fingerprint density at radius 1 is 1.15 bits per heavy atom. The Balaban J connectivity index is 1.28. The predicted octanol–water partition coefficient (Wildman–Crippen LogP) is 3.59. The highest BCUT2D eigenvalue weighted by Crippen LogP contribution is 2.42. The van der Waals surface area contributed by atoms with Crippen LogP contribution in [0.1, 0.15) is 37.3 Å². The molecule has 0 spiro atoms. The molecule has 1 aliphatic carbocycles. The quantitative estimate of drug-likeness (QED) is 0.893. The fourth-order valence-electron chi connectivity index (χ4n) is 4.18. The summed E-state index contributed by atoms with van der Waals surface area (Å²) in [7, 11) is 0. The fraction of sp³-hybridized carbons (Fsp3) is 0.500. The van der Waals surface area contributed by atoms with Gasteiger partial charge in [0.25, 0.3) is 0 Å². The van der Waals surface area contributed by atoms with Crippen LogP contribution in [0.25, 0.3) is 0 Å². The smallest absolute Gasteiger partial charge is 0.128 e. The Hall–Kier alpha value is -1.91. The average molecular weight is 351 g/mol. The van der Waals surface area contributed by atoms with Gasteiger partial charge in [0.2, 0.25) is 0 Å². The summed E-state index contributed by atoms with van der Waals surface area (Å²) in [6, 6.07) is 15.8. The largest absolute Gasteiger partial charge is 0.375 e. The van der Waals surface area contributed by atoms with Crippen molar-refractivity contribution in [3.63, 3.8) is 0 Å². The lowest BCUT2D eigenvalue weighted by atomic mass is 9.67. The highest BCUT2D eigenvalue weighted by molar-refractivity contribution is 5.40. The summed E-state index contributed by atoms with van der Waals surface area (Å²) in [5.74, 6) is 2.43. The number of ether oxygens (including phenoxy) is 1. The minimum Gasteiger partial charge on any atom is -0.375 e. The van der Waals surface area contributed by atoms with Gasteiger partial charge in [-0.25, -0.2) is 4.98 Å². The SMILES string of the molecule is CC1CN(c2ccc(CNC3CC(c4ccccc4)C3C)cn2)CCO1. The first kappa shape index (κ1) is 17.5. The molecule has 1 aromatic carbocycles. The van der Waals surface area contributed by atoms with E-state index in [2.05, 4.69) is 71.5 Å². The number of benzene rings is 1. The zero-order chi connectivity index (χ0) is 17.9. The normalized spacial score (nSPS) is 28.6. The Bertz CT molecular complexity index is 703. The van der Waals surface area contributed by atoms with Crippen molar-refractivity contribution in [2.45, 2.75) is 44.9 Å². The zero-order valence-corrected chi connectivity index (χ0v) is 15.8. The molecule has 138 valence electrons. The van der Waals surface area contributed by atoms with Crippen molar-refractivity contribution in [3.05, 3.63) is 59.8 Å². The van der Waals surface area contributed by atoms with E-state index in [0.717, 1.165) is 32.1 Å². The average Bonchev–Trinajstić information content (AvgIpc) is 2.68. The Morgan fingerprint density at radius 2 is 2.00 bits per heavy atom. The maximum atomic E-state index is 5.61. The zero-order valence-electron chi connectivity index (χ0n) is 15.8. The number of rotatable bonds is 5. The summed E-state index contributed by atoms with van der Waals surface area (Å²) in [5, 5.41) is 3.72. The first-order valence-electron chi connectivity index (χ1n) is 9.80. The second kappa shape index (κ2) is 7.77. The first-order chi connectivity index (χ1) is 12.7. The third-order valence-corrected chi connectivity index (χ3v) is 5.95. The van der Waals surface area contributed by atoms with E-state index in [0.29, 0.717) is 17.9 Å². The van der Waals surface area contributed by atoms with Crippen molar-refractivity contribution < 1.29 is 4.74 Å². The van der Waals surface area contributed by atoms with Gasteiger partial charge in [-0.2, -0.15) is 0 Å². The van der Waals surface area contributed by atoms with E-state index in [4.69, 9.17) is 4.74 Å². The summed E-state index contributed by atoms with van der Waals surface area (Å²) < 4.78 is 5.61. The van der Waals surface area contributed by atoms with Crippen LogP contribution < -0.4 is 10.2 Å². The van der Waals surface area contributed by atoms with Gasteiger partial charge in [-0.1, -0.05) is 43.3 Å². The summed E-state index contributed by atoms with van der Waals surface area (Å²) in [6.07, 6.45) is 3.52. The van der Waals surface area contributed by atoms with E-state index in [1.165, 1.54) is 17.5 Å². The van der Waals surface area contributed by atoms with Crippen molar-refractivity contribution in [3.8, 4) is 0 Å². The molecule has 4 heteroatoms. The summed E-state index contributed by atoms with van der Waals surface area (Å²) in [6.45, 7) is 8.00. The molecule has 1 aliphatic heterocycles. The minimum absolute atomic E-state index is 0.282. The molecule has 26 heavy (non-hydrogen) atoms. The van der Waals surface area contributed by atoms with Gasteiger partial charge in [-0.05, 0) is 42.4 Å². The second-order valence-corrected chi connectivity index (χ2v) is 7.75. The van der Waals surface area contributed by atoms with Gasteiger partial charge < -0.3 is 15.0 Å². The molecule has 1 aromatic heterocycles. The van der Waals surface area contributed by atoms with Gasteiger partial charge in [0.05, 0.1) is 12.7 Å². The third-order valence-electron chi connectivity index (χ3n) is 5.95. The van der Waals surface area contributed by atoms with Crippen LogP contribution in [-0.2, 0) is 11.3 Å². The molecule has 4 unspecified atom stereocenters. The second-order valence-electron chi connectivity index (χ2n) is 7.75. The van der Waals surface area contributed by atoms with Crippen molar-refractivity contribution in [1.82, 2.24) is 10.3 Å². The third kappa shape index (κ3) is 3.76. The van der Waals surface area contributed by atoms with Gasteiger partial charge in [0.1, 0.15) is 5.82 Å². The van der Waals surface area contributed by atoms with Gasteiger partial charge >= 0.3 is 0 Å². The molecule has 1 N–H and O–H groups in total. The van der Waals surface area contributed by atoms with Crippen molar-refractivity contribution >= 4 is 5.82 Å². The molecule has 0 amide bonds. The van der Waals surface area contributed by atoms with Crippen LogP contribution in [0.5, 0.6) is 0 Å². The van der Waals surface area contributed by atoms with Crippen molar-refractivity contribution in [2.24, 2.45) is 5.92 Å². The standard InChI is InChI=1S/C22H29N3O/c1-16-15-25(10-11-26-16)22-9-8-18(14-24-22)13-23-21-12-20(17(21)2)19-6-4-3-5-7-19/h3-9,14,16-17,20-21,23H,10-13,15H2,1-2H3. The van der Waals surface area contributed by atoms with Crippen LogP contribution in [0.3, 0.4) is 0 Å². The van der Waals surface area contributed by atoms with E-state index in [1.54, 1.807) is 0 Å². The Morgan fingerprint density at radius 3 is 2.69 bits per heavy atom. The highest BCUT2D eigenvalue weighted by Gasteiger charge is 2.37. The minimum atomic E-state index is 0.282. The molecular weight excluding hydrogens is 322 g/mol. The molecule has 4 rings (SSSR count). The number of nitrogens with one attached hydrogen (secondary N) is 1. The van der Waals surface area contributed by atoms with Gasteiger partial charge in [-0.3, -0.25) is 0 Å². The number of anilines is 1. The van der Waals surface area contributed by atoms with Crippen LogP contribution in [0.2, 0.25) is 0 Å². The van der Waals surface area contributed by atoms with E-state index in [1.807, 2.05) is 6.20 Å². The van der Waals surface area contributed by atoms with Crippen LogP contribution in [0, 0.1) is 5.92 Å². The number of hydrogen-bond acceptors (Lipinski definition) is 4. The first-order valence-corrected chi connectivity index (χ1v) is 9.80. The number of morpholine rings is 1. The monoisotopic (exact) mass is 351 g/mol. The Kier molecular flexibility index (Phi) is 5.23. The molecule has 4 atom stereocenters. The number of hydrogen-bond donors (Lipinski definition) is 1. The summed E-state index contributed by atoms with van der Waals surface area (Å²) in [5.41, 5.74) is 2.73. The topological polar surface area (TPSA) is 37.4 Å². The van der Waals surface area contributed by atoms with Crippen LogP contribution in [-0.4, -0.2) is 36.8 Å². The van der Waals surface area contributed by atoms with E-state index in [9.17, 15) is 0 Å². The van der Waals surface area contributed by atoms with E-state index >= 15 is 0 Å². The molecule has 1 saturated heterocycles. The van der Waals surface area contributed by atoms with Crippen LogP contribution in [0.15, 0.2) is 48.7 Å². The van der Waals surface area contributed by atoms with E-state index in [-0.39, 0.29) is 6.10 Å². The molecule has 2 aromatic rings.